The quantitative estimate of drug-likeness (QED) is 0.391. The predicted octanol–water partition coefficient (Wildman–Crippen LogP) is 4.99. The molecule has 4 rings (SSSR count). The molecule has 2 aromatic heterocycles. The molecule has 0 atom stereocenters. The number of hydrogen-bond acceptors (Lipinski definition) is 5. The first kappa shape index (κ1) is 22.3. The molecule has 0 radical (unpaired) electrons. The van der Waals surface area contributed by atoms with E-state index in [1.165, 1.54) is 5.56 Å². The van der Waals surface area contributed by atoms with E-state index in [1.807, 2.05) is 30.3 Å². The lowest BCUT2D eigenvalue weighted by atomic mass is 10.0. The minimum Gasteiger partial charge on any atom is -0.451 e. The fourth-order valence-corrected chi connectivity index (χ4v) is 3.69. The Labute approximate surface area is 192 Å². The third-order valence-corrected chi connectivity index (χ3v) is 5.37. The molecule has 0 aliphatic heterocycles. The molecule has 7 nitrogen and oxygen atoms in total. The first-order valence-electron chi connectivity index (χ1n) is 11.0. The lowest BCUT2D eigenvalue weighted by Crippen LogP contribution is -2.41. The lowest BCUT2D eigenvalue weighted by molar-refractivity contribution is -0.121. The van der Waals surface area contributed by atoms with Gasteiger partial charge in [-0.05, 0) is 30.9 Å². The maximum Gasteiger partial charge on any atom is 0.305 e. The summed E-state index contributed by atoms with van der Waals surface area (Å²) in [6.45, 7) is 6.19. The zero-order valence-electron chi connectivity index (χ0n) is 19.0. The average molecular weight is 446 g/mol. The van der Waals surface area contributed by atoms with Gasteiger partial charge in [-0.3, -0.25) is 20.4 Å². The molecule has 0 spiro atoms. The lowest BCUT2D eigenvalue weighted by Gasteiger charge is -2.06. The summed E-state index contributed by atoms with van der Waals surface area (Å²) in [5.74, 6) is 1.05. The number of aromatic nitrogens is 1. The summed E-state index contributed by atoms with van der Waals surface area (Å²) in [7, 11) is 0. The number of oxazole rings is 1. The van der Waals surface area contributed by atoms with Gasteiger partial charge in [0.15, 0.2) is 17.4 Å². The fourth-order valence-electron chi connectivity index (χ4n) is 3.69. The van der Waals surface area contributed by atoms with E-state index in [4.69, 9.17) is 8.83 Å². The van der Waals surface area contributed by atoms with Gasteiger partial charge in [-0.2, -0.15) is 0 Å². The first-order chi connectivity index (χ1) is 15.9. The number of benzene rings is 2. The number of carbonyl (C=O) groups excluding carboxylic acids is 2. The monoisotopic (exact) mass is 445 g/mol. The molecule has 2 aromatic carbocycles. The Hall–Kier alpha value is -3.87. The van der Waals surface area contributed by atoms with E-state index in [-0.39, 0.29) is 18.1 Å². The van der Waals surface area contributed by atoms with Gasteiger partial charge in [0.05, 0.1) is 6.20 Å². The van der Waals surface area contributed by atoms with Crippen LogP contribution in [-0.2, 0) is 17.6 Å². The number of nitrogens with zero attached hydrogens (tertiary/aromatic N) is 1. The molecule has 2 amide bonds. The second-order valence-corrected chi connectivity index (χ2v) is 8.47. The van der Waals surface area contributed by atoms with Crippen molar-refractivity contribution in [1.82, 2.24) is 15.8 Å². The number of aryl methyl sites for hydroxylation is 2. The first-order valence-corrected chi connectivity index (χ1v) is 11.0. The third kappa shape index (κ3) is 5.31. The maximum atomic E-state index is 12.4. The number of fused-ring (bicyclic) bond motifs is 1. The van der Waals surface area contributed by atoms with Crippen LogP contribution in [0.3, 0.4) is 0 Å². The fraction of sp³-hybridized carbons (Fsp3) is 0.269. The van der Waals surface area contributed by atoms with Crippen LogP contribution in [0.1, 0.15) is 47.8 Å². The molecule has 4 aromatic rings. The van der Waals surface area contributed by atoms with Crippen LogP contribution in [0.4, 0.5) is 0 Å². The summed E-state index contributed by atoms with van der Waals surface area (Å²) < 4.78 is 11.4. The van der Waals surface area contributed by atoms with Crippen LogP contribution in [0, 0.1) is 12.8 Å². The summed E-state index contributed by atoms with van der Waals surface area (Å²) in [5.41, 5.74) is 8.39. The third-order valence-electron chi connectivity index (χ3n) is 5.37. The van der Waals surface area contributed by atoms with Crippen molar-refractivity contribution >= 4 is 22.8 Å². The zero-order valence-corrected chi connectivity index (χ0v) is 19.0. The Morgan fingerprint density at radius 3 is 2.48 bits per heavy atom. The van der Waals surface area contributed by atoms with Crippen molar-refractivity contribution in [3.05, 3.63) is 77.5 Å². The summed E-state index contributed by atoms with van der Waals surface area (Å²) in [5, 5.41) is 0.864. The second kappa shape index (κ2) is 9.73. The minimum atomic E-state index is -0.503. The molecular formula is C26H27N3O4. The molecule has 0 saturated heterocycles. The van der Waals surface area contributed by atoms with Crippen molar-refractivity contribution in [3.8, 4) is 11.3 Å². The molecule has 170 valence electrons. The Morgan fingerprint density at radius 1 is 1.00 bits per heavy atom. The van der Waals surface area contributed by atoms with E-state index in [1.54, 1.807) is 19.2 Å². The molecule has 2 N–H and O–H groups in total. The van der Waals surface area contributed by atoms with Crippen molar-refractivity contribution in [2.75, 3.05) is 0 Å². The van der Waals surface area contributed by atoms with Gasteiger partial charge >= 0.3 is 5.91 Å². The molecular weight excluding hydrogens is 418 g/mol. The molecule has 0 bridgehead atoms. The SMILES string of the molecule is Cc1c(C(=O)NNC(=O)CCc2ncc(-c3ccc(CC(C)C)cc3)o2)oc2ccccc12. The molecule has 0 saturated carbocycles. The van der Waals surface area contributed by atoms with Crippen molar-refractivity contribution in [2.24, 2.45) is 5.92 Å². The number of furan rings is 1. The largest absolute Gasteiger partial charge is 0.451 e. The number of hydrazine groups is 1. The van der Waals surface area contributed by atoms with E-state index < -0.39 is 5.91 Å². The Morgan fingerprint density at radius 2 is 1.76 bits per heavy atom. The molecule has 7 heteroatoms. The smallest absolute Gasteiger partial charge is 0.305 e. The summed E-state index contributed by atoms with van der Waals surface area (Å²) >= 11 is 0. The van der Waals surface area contributed by atoms with Crippen LogP contribution in [-0.4, -0.2) is 16.8 Å². The number of carbonyl (C=O) groups is 2. The van der Waals surface area contributed by atoms with Gasteiger partial charge in [0.25, 0.3) is 0 Å². The van der Waals surface area contributed by atoms with Crippen molar-refractivity contribution in [1.29, 1.82) is 0 Å². The normalized spacial score (nSPS) is 11.2. The summed E-state index contributed by atoms with van der Waals surface area (Å²) in [6.07, 6.45) is 3.13. The molecule has 2 heterocycles. The predicted molar refractivity (Wildman–Crippen MR) is 125 cm³/mol. The van der Waals surface area contributed by atoms with Crippen LogP contribution in [0.25, 0.3) is 22.3 Å². The number of rotatable bonds is 7. The van der Waals surface area contributed by atoms with Gasteiger partial charge in [0.2, 0.25) is 5.91 Å². The summed E-state index contributed by atoms with van der Waals surface area (Å²) in [6, 6.07) is 15.6. The van der Waals surface area contributed by atoms with E-state index in [0.717, 1.165) is 22.9 Å². The van der Waals surface area contributed by atoms with Crippen LogP contribution in [0.5, 0.6) is 0 Å². The van der Waals surface area contributed by atoms with Gasteiger partial charge in [0, 0.05) is 29.4 Å². The van der Waals surface area contributed by atoms with E-state index in [0.29, 0.717) is 29.6 Å². The number of amides is 2. The molecule has 0 fully saturated rings. The van der Waals surface area contributed by atoms with Gasteiger partial charge in [-0.1, -0.05) is 56.3 Å². The van der Waals surface area contributed by atoms with Gasteiger partial charge in [-0.15, -0.1) is 0 Å². The minimum absolute atomic E-state index is 0.118. The summed E-state index contributed by atoms with van der Waals surface area (Å²) in [4.78, 5) is 28.9. The highest BCUT2D eigenvalue weighted by Gasteiger charge is 2.18. The molecule has 0 aliphatic carbocycles. The van der Waals surface area contributed by atoms with Crippen molar-refractivity contribution < 1.29 is 18.4 Å². The topological polar surface area (TPSA) is 97.4 Å². The average Bonchev–Trinajstić information content (AvgIpc) is 3.41. The molecule has 0 unspecified atom stereocenters. The zero-order chi connectivity index (χ0) is 23.4. The standard InChI is InChI=1S/C26H27N3O4/c1-16(2)14-18-8-10-19(11-9-18)22-15-27-24(32-22)13-12-23(30)28-29-26(31)25-17(3)20-6-4-5-7-21(20)33-25/h4-11,15-16H,12-14H2,1-3H3,(H,28,30)(H,29,31). The molecule has 0 aliphatic rings. The van der Waals surface area contributed by atoms with E-state index in [9.17, 15) is 9.59 Å². The van der Waals surface area contributed by atoms with Crippen LogP contribution >= 0.6 is 0 Å². The number of hydrogen-bond donors (Lipinski definition) is 2. The second-order valence-electron chi connectivity index (χ2n) is 8.47. The highest BCUT2D eigenvalue weighted by atomic mass is 16.4. The van der Waals surface area contributed by atoms with Crippen molar-refractivity contribution in [3.63, 3.8) is 0 Å². The van der Waals surface area contributed by atoms with E-state index >= 15 is 0 Å². The van der Waals surface area contributed by atoms with Gasteiger partial charge in [-0.25, -0.2) is 4.98 Å². The van der Waals surface area contributed by atoms with Gasteiger partial charge < -0.3 is 8.83 Å². The van der Waals surface area contributed by atoms with Gasteiger partial charge in [0.1, 0.15) is 5.58 Å². The van der Waals surface area contributed by atoms with E-state index in [2.05, 4.69) is 41.8 Å². The maximum absolute atomic E-state index is 12.4. The Kier molecular flexibility index (Phi) is 6.58. The van der Waals surface area contributed by atoms with Crippen LogP contribution in [0.15, 0.2) is 63.6 Å². The number of para-hydroxylation sites is 1. The van der Waals surface area contributed by atoms with Crippen LogP contribution in [0.2, 0.25) is 0 Å². The highest BCUT2D eigenvalue weighted by Crippen LogP contribution is 2.25. The number of nitrogens with one attached hydrogen (secondary N) is 2. The van der Waals surface area contributed by atoms with Crippen LogP contribution < -0.4 is 10.9 Å². The Balaban J connectivity index is 1.28. The highest BCUT2D eigenvalue weighted by molar-refractivity contribution is 5.99. The molecule has 33 heavy (non-hydrogen) atoms. The van der Waals surface area contributed by atoms with Crippen molar-refractivity contribution in [2.45, 2.75) is 40.0 Å². The Bertz CT molecular complexity index is 1270.